The lowest BCUT2D eigenvalue weighted by atomic mass is 10.0. The Bertz CT molecular complexity index is 1640. The molecular weight excluding hydrogens is 679 g/mol. The van der Waals surface area contributed by atoms with Gasteiger partial charge in [-0.3, -0.25) is 0 Å². The fraction of sp³-hybridized carbons (Fsp3) is 0.345. The Morgan fingerprint density at radius 2 is 1.67 bits per heavy atom. The minimum Gasteiger partial charge on any atom is -0.870 e. The molecule has 1 heterocycles. The number of carbonyl (C=O) groups is 2. The quantitative estimate of drug-likeness (QED) is 0.153. The van der Waals surface area contributed by atoms with Gasteiger partial charge in [0.05, 0.1) is 25.5 Å². The predicted octanol–water partition coefficient (Wildman–Crippen LogP) is 5.05. The summed E-state index contributed by atoms with van der Waals surface area (Å²) >= 11 is 12.7. The highest BCUT2D eigenvalue weighted by Crippen LogP contribution is 2.38. The number of H-pyrrole nitrogens is 1. The van der Waals surface area contributed by atoms with E-state index in [1.165, 1.54) is 49.8 Å². The number of halogens is 4. The zero-order chi connectivity index (χ0) is 32.7. The molecule has 0 saturated heterocycles. The summed E-state index contributed by atoms with van der Waals surface area (Å²) in [6.07, 6.45) is 4.54. The Kier molecular flexibility index (Phi) is 12.8. The number of pyridine rings is 1. The molecule has 0 unspecified atom stereocenters. The first-order valence-corrected chi connectivity index (χ1v) is 15.9. The van der Waals surface area contributed by atoms with Crippen LogP contribution in [0.4, 0.5) is 8.78 Å². The summed E-state index contributed by atoms with van der Waals surface area (Å²) in [4.78, 5) is 28.4. The van der Waals surface area contributed by atoms with Crippen LogP contribution in [0.1, 0.15) is 40.4 Å². The standard InChI is InChI=1S/C29H27Cl2F2NO10S.H2O/c1-39-22-7-6-18(10-26(22)44-45(2,37)38)28(36)41-15-27(35)42-24(11-19-20(30)12-34-13-21(19)31)17-5-8-23(43-29(32)33)25(9-17)40-14-16-3-4-16;/h5-10,12-13,16,24,29H,3-4,11,14-15H2,1-2H3;1H2/t24-;/m0./s1. The number of rotatable bonds is 15. The number of nitrogens with one attached hydrogen (secondary N) is 1. The van der Waals surface area contributed by atoms with Gasteiger partial charge in [-0.05, 0) is 48.6 Å². The van der Waals surface area contributed by atoms with Crippen LogP contribution in [-0.2, 0) is 30.8 Å². The van der Waals surface area contributed by atoms with E-state index in [-0.39, 0.29) is 57.1 Å². The monoisotopic (exact) mass is 707 g/mol. The lowest BCUT2D eigenvalue weighted by molar-refractivity contribution is -0.377. The third-order valence-corrected chi connectivity index (χ3v) is 7.51. The van der Waals surface area contributed by atoms with E-state index in [9.17, 15) is 26.8 Å². The van der Waals surface area contributed by atoms with Crippen LogP contribution < -0.4 is 23.4 Å². The molecule has 1 fully saturated rings. The molecular formula is C29H29Cl2F2NO11S. The normalized spacial score (nSPS) is 13.3. The molecule has 12 nitrogen and oxygen atoms in total. The Hall–Kier alpha value is -3.92. The van der Waals surface area contributed by atoms with Crippen molar-refractivity contribution in [3.8, 4) is 23.0 Å². The van der Waals surface area contributed by atoms with Gasteiger partial charge in [0, 0.05) is 18.1 Å². The van der Waals surface area contributed by atoms with Gasteiger partial charge < -0.3 is 33.3 Å². The zero-order valence-corrected chi connectivity index (χ0v) is 26.7. The molecule has 250 valence electrons. The second-order valence-corrected chi connectivity index (χ2v) is 12.3. The van der Waals surface area contributed by atoms with Crippen molar-refractivity contribution < 1.29 is 65.1 Å². The van der Waals surface area contributed by atoms with Crippen molar-refractivity contribution >= 4 is 45.3 Å². The van der Waals surface area contributed by atoms with E-state index in [0.717, 1.165) is 25.2 Å². The Balaban J connectivity index is 0.00000576. The topological polar surface area (TPSA) is 168 Å². The summed E-state index contributed by atoms with van der Waals surface area (Å²) in [6.45, 7) is -3.65. The molecule has 4 rings (SSSR count). The molecule has 1 aromatic heterocycles. The molecule has 0 aliphatic heterocycles. The SMILES string of the molecule is COc1ccc(C(=O)OCC(=O)O[C@@H](Cc2c(Cl)c[nH+]cc2Cl)c2ccc(OC(F)F)c(OCC3CC3)c2)cc1OS(C)(=O)=O.[OH-]. The van der Waals surface area contributed by atoms with Crippen LogP contribution >= 0.6 is 23.2 Å². The van der Waals surface area contributed by atoms with Crippen LogP contribution in [-0.4, -0.2) is 59.0 Å². The highest BCUT2D eigenvalue weighted by atomic mass is 35.5. The molecule has 46 heavy (non-hydrogen) atoms. The maximum atomic E-state index is 13.1. The Morgan fingerprint density at radius 3 is 2.28 bits per heavy atom. The maximum absolute atomic E-state index is 13.1. The van der Waals surface area contributed by atoms with Crippen LogP contribution in [0.15, 0.2) is 48.8 Å². The number of ether oxygens (including phenoxy) is 5. The number of hydrogen-bond acceptors (Lipinski definition) is 11. The number of methoxy groups -OCH3 is 1. The van der Waals surface area contributed by atoms with E-state index in [1.807, 2.05) is 0 Å². The Labute approximate surface area is 272 Å². The maximum Gasteiger partial charge on any atom is 0.387 e. The number of hydrogen-bond donors (Lipinski definition) is 0. The molecule has 1 saturated carbocycles. The molecule has 0 radical (unpaired) electrons. The van der Waals surface area contributed by atoms with Crippen molar-refractivity contribution in [2.45, 2.75) is 32.0 Å². The lowest BCUT2D eigenvalue weighted by Crippen LogP contribution is -2.21. The summed E-state index contributed by atoms with van der Waals surface area (Å²) in [6, 6.07) is 7.77. The molecule has 0 bridgehead atoms. The summed E-state index contributed by atoms with van der Waals surface area (Å²) in [5, 5.41) is 0.480. The molecule has 17 heteroatoms. The van der Waals surface area contributed by atoms with E-state index in [1.54, 1.807) is 0 Å². The lowest BCUT2D eigenvalue weighted by Gasteiger charge is -2.21. The summed E-state index contributed by atoms with van der Waals surface area (Å²) < 4.78 is 80.3. The zero-order valence-electron chi connectivity index (χ0n) is 24.3. The minimum atomic E-state index is -3.95. The molecule has 0 amide bonds. The van der Waals surface area contributed by atoms with Crippen LogP contribution in [0.3, 0.4) is 0 Å². The van der Waals surface area contributed by atoms with Crippen LogP contribution in [0, 0.1) is 5.92 Å². The fourth-order valence-corrected chi connectivity index (χ4v) is 5.03. The molecule has 1 aliphatic carbocycles. The van der Waals surface area contributed by atoms with Gasteiger partial charge in [0.2, 0.25) is 0 Å². The second kappa shape index (κ2) is 16.1. The van der Waals surface area contributed by atoms with E-state index in [4.69, 9.17) is 46.3 Å². The summed E-state index contributed by atoms with van der Waals surface area (Å²) in [5.74, 6) is -2.05. The summed E-state index contributed by atoms with van der Waals surface area (Å²) in [7, 11) is -2.67. The summed E-state index contributed by atoms with van der Waals surface area (Å²) in [5.41, 5.74) is 0.613. The van der Waals surface area contributed by atoms with Crippen molar-refractivity contribution in [1.82, 2.24) is 0 Å². The average Bonchev–Trinajstić information content (AvgIpc) is 3.80. The van der Waals surface area contributed by atoms with E-state index >= 15 is 0 Å². The largest absolute Gasteiger partial charge is 0.870 e. The fourth-order valence-electron chi connectivity index (χ4n) is 4.04. The average molecular weight is 709 g/mol. The molecule has 1 atom stereocenters. The van der Waals surface area contributed by atoms with Gasteiger partial charge in [0.15, 0.2) is 42.0 Å². The number of esters is 2. The number of alkyl halides is 2. The highest BCUT2D eigenvalue weighted by Gasteiger charge is 2.27. The first-order valence-electron chi connectivity index (χ1n) is 13.3. The number of benzene rings is 2. The van der Waals surface area contributed by atoms with E-state index in [2.05, 4.69) is 9.72 Å². The van der Waals surface area contributed by atoms with Gasteiger partial charge >= 0.3 is 28.7 Å². The van der Waals surface area contributed by atoms with Gasteiger partial charge in [0.25, 0.3) is 0 Å². The minimum absolute atomic E-state index is 0. The van der Waals surface area contributed by atoms with Crippen LogP contribution in [0.5, 0.6) is 23.0 Å². The van der Waals surface area contributed by atoms with Crippen LogP contribution in [0.25, 0.3) is 0 Å². The number of aromatic nitrogens is 1. The molecule has 1 aliphatic rings. The van der Waals surface area contributed by atoms with Gasteiger partial charge in [-0.15, -0.1) is 0 Å². The van der Waals surface area contributed by atoms with Crippen molar-refractivity contribution in [3.63, 3.8) is 0 Å². The van der Waals surface area contributed by atoms with Gasteiger partial charge in [0.1, 0.15) is 16.1 Å². The molecule has 2 N–H and O–H groups in total. The third-order valence-electron chi connectivity index (χ3n) is 6.35. The van der Waals surface area contributed by atoms with E-state index in [0.29, 0.717) is 17.0 Å². The first kappa shape index (κ1) is 36.5. The smallest absolute Gasteiger partial charge is 0.387 e. The van der Waals surface area contributed by atoms with Gasteiger partial charge in [-0.1, -0.05) is 29.3 Å². The number of aromatic amines is 1. The predicted molar refractivity (Wildman–Crippen MR) is 158 cm³/mol. The highest BCUT2D eigenvalue weighted by molar-refractivity contribution is 7.86. The van der Waals surface area contributed by atoms with Gasteiger partial charge in [-0.2, -0.15) is 17.2 Å². The van der Waals surface area contributed by atoms with Crippen molar-refractivity contribution in [2.75, 3.05) is 26.6 Å². The van der Waals surface area contributed by atoms with E-state index < -0.39 is 41.4 Å². The first-order chi connectivity index (χ1) is 21.3. The van der Waals surface area contributed by atoms with Crippen molar-refractivity contribution in [2.24, 2.45) is 5.92 Å². The van der Waals surface area contributed by atoms with Crippen molar-refractivity contribution in [1.29, 1.82) is 0 Å². The number of carbonyl (C=O) groups excluding carboxylic acids is 2. The molecule has 2 aromatic carbocycles. The Morgan fingerprint density at radius 1 is 1.00 bits per heavy atom. The molecule has 0 spiro atoms. The van der Waals surface area contributed by atoms with Crippen molar-refractivity contribution in [3.05, 3.63) is 75.5 Å². The second-order valence-electron chi connectivity index (χ2n) is 9.88. The van der Waals surface area contributed by atoms with Crippen LogP contribution in [0.2, 0.25) is 10.0 Å². The third kappa shape index (κ3) is 10.6. The molecule has 3 aromatic rings. The van der Waals surface area contributed by atoms with Gasteiger partial charge in [-0.25, -0.2) is 14.6 Å².